The van der Waals surface area contributed by atoms with E-state index in [-0.39, 0.29) is 23.8 Å². The number of carbonyl (C=O) groups excluding carboxylic acids is 2. The molecule has 1 aliphatic rings. The summed E-state index contributed by atoms with van der Waals surface area (Å²) in [5.41, 5.74) is 0.973. The number of esters is 1. The van der Waals surface area contributed by atoms with E-state index in [1.54, 1.807) is 6.92 Å². The first-order chi connectivity index (χ1) is 11.0. The van der Waals surface area contributed by atoms with Gasteiger partial charge in [-0.25, -0.2) is 0 Å². The van der Waals surface area contributed by atoms with Gasteiger partial charge in [-0.3, -0.25) is 14.5 Å². The van der Waals surface area contributed by atoms with Crippen LogP contribution in [0.4, 0.5) is 0 Å². The standard InChI is InChI=1S/C18H26N2O3/c1-4-23-18(22)15-11-8-12-20(13-15)17(21)16(19(2)3)14-9-6-5-7-10-14/h5-7,9-10,15-16H,4,8,11-13H2,1-3H3. The van der Waals surface area contributed by atoms with Gasteiger partial charge in [0, 0.05) is 13.1 Å². The van der Waals surface area contributed by atoms with Gasteiger partial charge in [-0.2, -0.15) is 0 Å². The van der Waals surface area contributed by atoms with E-state index in [0.29, 0.717) is 19.7 Å². The number of benzene rings is 1. The highest BCUT2D eigenvalue weighted by molar-refractivity contribution is 5.84. The van der Waals surface area contributed by atoms with Gasteiger partial charge in [0.05, 0.1) is 12.5 Å². The lowest BCUT2D eigenvalue weighted by atomic mass is 9.96. The lowest BCUT2D eigenvalue weighted by Gasteiger charge is -2.35. The first kappa shape index (κ1) is 17.5. The molecule has 1 amide bonds. The number of carbonyl (C=O) groups is 2. The summed E-state index contributed by atoms with van der Waals surface area (Å²) < 4.78 is 5.11. The Bertz CT molecular complexity index is 530. The van der Waals surface area contributed by atoms with Crippen molar-refractivity contribution in [1.82, 2.24) is 9.80 Å². The van der Waals surface area contributed by atoms with Gasteiger partial charge in [-0.1, -0.05) is 30.3 Å². The minimum absolute atomic E-state index is 0.0511. The van der Waals surface area contributed by atoms with Crippen LogP contribution >= 0.6 is 0 Å². The molecule has 2 rings (SSSR count). The van der Waals surface area contributed by atoms with Crippen molar-refractivity contribution in [2.24, 2.45) is 5.92 Å². The largest absolute Gasteiger partial charge is 0.466 e. The average molecular weight is 318 g/mol. The highest BCUT2D eigenvalue weighted by atomic mass is 16.5. The van der Waals surface area contributed by atoms with Crippen molar-refractivity contribution in [3.05, 3.63) is 35.9 Å². The molecule has 1 fully saturated rings. The summed E-state index contributed by atoms with van der Waals surface area (Å²) >= 11 is 0. The van der Waals surface area contributed by atoms with E-state index in [1.165, 1.54) is 0 Å². The fraction of sp³-hybridized carbons (Fsp3) is 0.556. The Hall–Kier alpha value is -1.88. The summed E-state index contributed by atoms with van der Waals surface area (Å²) in [6.45, 7) is 3.34. The van der Waals surface area contributed by atoms with Crippen LogP contribution in [0.25, 0.3) is 0 Å². The zero-order valence-electron chi connectivity index (χ0n) is 14.2. The van der Waals surface area contributed by atoms with Crippen LogP contribution in [0.5, 0.6) is 0 Å². The number of ether oxygens (including phenoxy) is 1. The number of nitrogens with zero attached hydrogens (tertiary/aromatic N) is 2. The van der Waals surface area contributed by atoms with Crippen molar-refractivity contribution in [2.45, 2.75) is 25.8 Å². The van der Waals surface area contributed by atoms with Gasteiger partial charge in [-0.05, 0) is 39.4 Å². The Balaban J connectivity index is 2.12. The fourth-order valence-corrected chi connectivity index (χ4v) is 3.10. The Kier molecular flexibility index (Phi) is 6.16. The van der Waals surface area contributed by atoms with Crippen LogP contribution in [0.2, 0.25) is 0 Å². The molecule has 0 radical (unpaired) electrons. The quantitative estimate of drug-likeness (QED) is 0.780. The summed E-state index contributed by atoms with van der Waals surface area (Å²) in [5.74, 6) is -0.340. The predicted molar refractivity (Wildman–Crippen MR) is 88.8 cm³/mol. The third-order valence-electron chi connectivity index (χ3n) is 4.22. The molecule has 23 heavy (non-hydrogen) atoms. The Morgan fingerprint density at radius 2 is 2.00 bits per heavy atom. The van der Waals surface area contributed by atoms with Gasteiger partial charge in [0.15, 0.2) is 0 Å². The summed E-state index contributed by atoms with van der Waals surface area (Å²) in [4.78, 5) is 28.7. The maximum absolute atomic E-state index is 13.0. The molecule has 0 N–H and O–H groups in total. The van der Waals surface area contributed by atoms with Gasteiger partial charge in [0.25, 0.3) is 0 Å². The van der Waals surface area contributed by atoms with Gasteiger partial charge >= 0.3 is 5.97 Å². The molecule has 0 spiro atoms. The monoisotopic (exact) mass is 318 g/mol. The molecule has 1 saturated heterocycles. The highest BCUT2D eigenvalue weighted by Crippen LogP contribution is 2.25. The summed E-state index contributed by atoms with van der Waals surface area (Å²) in [7, 11) is 3.81. The van der Waals surface area contributed by atoms with Crippen molar-refractivity contribution < 1.29 is 14.3 Å². The van der Waals surface area contributed by atoms with Crippen molar-refractivity contribution in [1.29, 1.82) is 0 Å². The zero-order valence-corrected chi connectivity index (χ0v) is 14.2. The molecule has 5 heteroatoms. The van der Waals surface area contributed by atoms with Crippen LogP contribution in [-0.2, 0) is 14.3 Å². The molecule has 1 heterocycles. The van der Waals surface area contributed by atoms with Gasteiger partial charge in [0.1, 0.15) is 6.04 Å². The van der Waals surface area contributed by atoms with E-state index in [2.05, 4.69) is 0 Å². The molecule has 0 aliphatic carbocycles. The number of hydrogen-bond acceptors (Lipinski definition) is 4. The van der Waals surface area contributed by atoms with Crippen LogP contribution < -0.4 is 0 Å². The number of hydrogen-bond donors (Lipinski definition) is 0. The van der Waals surface area contributed by atoms with Gasteiger partial charge in [-0.15, -0.1) is 0 Å². The third-order valence-corrected chi connectivity index (χ3v) is 4.22. The van der Waals surface area contributed by atoms with Crippen LogP contribution in [0, 0.1) is 5.92 Å². The normalized spacial score (nSPS) is 19.5. The van der Waals surface area contributed by atoms with Crippen LogP contribution in [0.3, 0.4) is 0 Å². The van der Waals surface area contributed by atoms with E-state index in [0.717, 1.165) is 18.4 Å². The number of likely N-dealkylation sites (N-methyl/N-ethyl adjacent to an activating group) is 1. The lowest BCUT2D eigenvalue weighted by molar-refractivity contribution is -0.152. The SMILES string of the molecule is CCOC(=O)C1CCCN(C(=O)C(c2ccccc2)N(C)C)C1. The topological polar surface area (TPSA) is 49.9 Å². The Morgan fingerprint density at radius 1 is 1.30 bits per heavy atom. The molecule has 1 aliphatic heterocycles. The predicted octanol–water partition coefficient (Wildman–Crippen LogP) is 2.09. The van der Waals surface area contributed by atoms with E-state index in [1.807, 2.05) is 54.2 Å². The molecular formula is C18H26N2O3. The van der Waals surface area contributed by atoms with Gasteiger partial charge < -0.3 is 9.64 Å². The van der Waals surface area contributed by atoms with Gasteiger partial charge in [0.2, 0.25) is 5.91 Å². The number of piperidine rings is 1. The molecule has 0 saturated carbocycles. The zero-order chi connectivity index (χ0) is 16.8. The number of likely N-dealkylation sites (tertiary alicyclic amines) is 1. The van der Waals surface area contributed by atoms with Crippen molar-refractivity contribution in [2.75, 3.05) is 33.8 Å². The molecule has 0 aromatic heterocycles. The average Bonchev–Trinajstić information content (AvgIpc) is 2.56. The molecule has 126 valence electrons. The molecule has 0 bridgehead atoms. The van der Waals surface area contributed by atoms with Crippen molar-refractivity contribution in [3.8, 4) is 0 Å². The summed E-state index contributed by atoms with van der Waals surface area (Å²) in [6.07, 6.45) is 1.63. The van der Waals surface area contributed by atoms with Crippen LogP contribution in [-0.4, -0.2) is 55.5 Å². The van der Waals surface area contributed by atoms with E-state index < -0.39 is 0 Å². The highest BCUT2D eigenvalue weighted by Gasteiger charge is 2.33. The number of amides is 1. The van der Waals surface area contributed by atoms with E-state index in [4.69, 9.17) is 4.74 Å². The maximum Gasteiger partial charge on any atom is 0.310 e. The molecule has 2 unspecified atom stereocenters. The maximum atomic E-state index is 13.0. The minimum atomic E-state index is -0.322. The molecule has 1 aromatic rings. The summed E-state index contributed by atoms with van der Waals surface area (Å²) in [6, 6.07) is 9.44. The third kappa shape index (κ3) is 4.32. The molecule has 1 aromatic carbocycles. The van der Waals surface area contributed by atoms with Crippen LogP contribution in [0.15, 0.2) is 30.3 Å². The fourth-order valence-electron chi connectivity index (χ4n) is 3.10. The second-order valence-corrected chi connectivity index (χ2v) is 6.15. The molecule has 2 atom stereocenters. The number of rotatable bonds is 5. The lowest BCUT2D eigenvalue weighted by Crippen LogP contribution is -2.47. The summed E-state index contributed by atoms with van der Waals surface area (Å²) in [5, 5.41) is 0. The Labute approximate surface area is 138 Å². The second kappa shape index (κ2) is 8.11. The van der Waals surface area contributed by atoms with Crippen molar-refractivity contribution in [3.63, 3.8) is 0 Å². The second-order valence-electron chi connectivity index (χ2n) is 6.15. The first-order valence-electron chi connectivity index (χ1n) is 8.21. The Morgan fingerprint density at radius 3 is 2.61 bits per heavy atom. The van der Waals surface area contributed by atoms with E-state index in [9.17, 15) is 9.59 Å². The molecular weight excluding hydrogens is 292 g/mol. The minimum Gasteiger partial charge on any atom is -0.466 e. The van der Waals surface area contributed by atoms with Crippen molar-refractivity contribution >= 4 is 11.9 Å². The smallest absolute Gasteiger partial charge is 0.310 e. The first-order valence-corrected chi connectivity index (χ1v) is 8.21. The molecule has 5 nitrogen and oxygen atoms in total. The van der Waals surface area contributed by atoms with Crippen LogP contribution in [0.1, 0.15) is 31.4 Å². The van der Waals surface area contributed by atoms with E-state index >= 15 is 0 Å².